The number of pyridine rings is 1. The molecule has 3 heterocycles. The molecule has 7 nitrogen and oxygen atoms in total. The van der Waals surface area contributed by atoms with Gasteiger partial charge >= 0.3 is 6.18 Å². The average molecular weight is 445 g/mol. The summed E-state index contributed by atoms with van der Waals surface area (Å²) < 4.78 is 39.6. The lowest BCUT2D eigenvalue weighted by Crippen LogP contribution is -2.50. The van der Waals surface area contributed by atoms with Gasteiger partial charge in [0.05, 0.1) is 17.3 Å². The number of nitrogens with two attached hydrogens (primary N) is 2. The second-order valence-corrected chi connectivity index (χ2v) is 8.44. The van der Waals surface area contributed by atoms with Crippen LogP contribution in [-0.4, -0.2) is 52.6 Å². The zero-order chi connectivity index (χ0) is 23.2. The van der Waals surface area contributed by atoms with Gasteiger partial charge in [-0.15, -0.1) is 0 Å². The Morgan fingerprint density at radius 3 is 2.53 bits per heavy atom. The number of hydrogen-bond acceptors (Lipinski definition) is 7. The van der Waals surface area contributed by atoms with Crippen molar-refractivity contribution in [1.29, 1.82) is 0 Å². The van der Waals surface area contributed by atoms with Crippen molar-refractivity contribution in [2.45, 2.75) is 32.0 Å². The number of hydrogen-bond donors (Lipinski definition) is 2. The maximum atomic E-state index is 13.2. The largest absolute Gasteiger partial charge is 0.416 e. The van der Waals surface area contributed by atoms with Crippen molar-refractivity contribution in [3.05, 3.63) is 47.4 Å². The predicted octanol–water partition coefficient (Wildman–Crippen LogP) is 3.50. The normalized spacial score (nSPS) is 18.8. The molecule has 32 heavy (non-hydrogen) atoms. The van der Waals surface area contributed by atoms with Crippen molar-refractivity contribution < 1.29 is 13.2 Å². The van der Waals surface area contributed by atoms with Gasteiger partial charge in [-0.2, -0.15) is 13.2 Å². The standard InChI is InChI=1S/C22H26F3N7/c1-12-11-31(3)4-5-32(12)19-9-17-18(10-28-19)29-21(30-20(17)27)13(2)14-6-15(22(23,24)25)8-16(26)7-14/h6-10,12-13H,4-5,11,26H2,1-3H3,(H2,27,29,30)/t12-,13+/m0/s1. The molecule has 10 heteroatoms. The third-order valence-electron chi connectivity index (χ3n) is 5.93. The Morgan fingerprint density at radius 1 is 1.09 bits per heavy atom. The highest BCUT2D eigenvalue weighted by atomic mass is 19.4. The molecule has 1 aliphatic heterocycles. The minimum atomic E-state index is -4.49. The van der Waals surface area contributed by atoms with Crippen molar-refractivity contribution in [1.82, 2.24) is 19.9 Å². The van der Waals surface area contributed by atoms with Crippen LogP contribution in [0.4, 0.5) is 30.5 Å². The number of aromatic nitrogens is 3. The smallest absolute Gasteiger partial charge is 0.399 e. The Morgan fingerprint density at radius 2 is 1.84 bits per heavy atom. The lowest BCUT2D eigenvalue weighted by Gasteiger charge is -2.39. The van der Waals surface area contributed by atoms with Crippen LogP contribution in [-0.2, 0) is 6.18 Å². The number of rotatable bonds is 3. The lowest BCUT2D eigenvalue weighted by molar-refractivity contribution is -0.137. The predicted molar refractivity (Wildman–Crippen MR) is 119 cm³/mol. The maximum Gasteiger partial charge on any atom is 0.416 e. The first-order valence-corrected chi connectivity index (χ1v) is 10.4. The van der Waals surface area contributed by atoms with E-state index in [0.29, 0.717) is 28.3 Å². The second-order valence-electron chi connectivity index (χ2n) is 8.44. The number of alkyl halides is 3. The number of anilines is 3. The summed E-state index contributed by atoms with van der Waals surface area (Å²) in [5.41, 5.74) is 12.1. The van der Waals surface area contributed by atoms with E-state index in [-0.39, 0.29) is 11.5 Å². The highest BCUT2D eigenvalue weighted by Crippen LogP contribution is 2.35. The van der Waals surface area contributed by atoms with E-state index >= 15 is 0 Å². The van der Waals surface area contributed by atoms with E-state index in [1.807, 2.05) is 6.07 Å². The van der Waals surface area contributed by atoms with E-state index < -0.39 is 17.7 Å². The molecule has 0 unspecified atom stereocenters. The summed E-state index contributed by atoms with van der Waals surface area (Å²) in [6, 6.07) is 5.66. The summed E-state index contributed by atoms with van der Waals surface area (Å²) in [5, 5.41) is 0.667. The second kappa shape index (κ2) is 8.09. The van der Waals surface area contributed by atoms with Crippen LogP contribution >= 0.6 is 0 Å². The van der Waals surface area contributed by atoms with Gasteiger partial charge in [-0.05, 0) is 43.8 Å². The Labute approximate surface area is 184 Å². The van der Waals surface area contributed by atoms with E-state index in [0.717, 1.165) is 37.6 Å². The molecule has 2 atom stereocenters. The Kier molecular flexibility index (Phi) is 5.58. The molecule has 1 aromatic carbocycles. The summed E-state index contributed by atoms with van der Waals surface area (Å²) >= 11 is 0. The molecular formula is C22H26F3N7. The molecule has 0 aliphatic carbocycles. The number of piperazine rings is 1. The fourth-order valence-corrected chi connectivity index (χ4v) is 4.13. The molecule has 0 amide bonds. The first-order chi connectivity index (χ1) is 15.0. The van der Waals surface area contributed by atoms with Gasteiger partial charge in [0, 0.05) is 42.7 Å². The first-order valence-electron chi connectivity index (χ1n) is 10.4. The fraction of sp³-hybridized carbons (Fsp3) is 0.409. The topological polar surface area (TPSA) is 97.2 Å². The lowest BCUT2D eigenvalue weighted by atomic mass is 9.97. The number of benzene rings is 1. The summed E-state index contributed by atoms with van der Waals surface area (Å²) in [6.07, 6.45) is -2.85. The monoisotopic (exact) mass is 445 g/mol. The number of likely N-dealkylation sites (N-methyl/N-ethyl adjacent to an activating group) is 1. The van der Waals surface area contributed by atoms with Gasteiger partial charge < -0.3 is 21.3 Å². The number of nitrogen functional groups attached to an aromatic ring is 2. The van der Waals surface area contributed by atoms with Crippen LogP contribution in [0.15, 0.2) is 30.5 Å². The molecular weight excluding hydrogens is 419 g/mol. The van der Waals surface area contributed by atoms with Crippen LogP contribution < -0.4 is 16.4 Å². The molecule has 1 aliphatic rings. The Balaban J connectivity index is 1.69. The molecule has 0 bridgehead atoms. The highest BCUT2D eigenvalue weighted by Gasteiger charge is 2.32. The van der Waals surface area contributed by atoms with Crippen LogP contribution in [0.25, 0.3) is 10.9 Å². The van der Waals surface area contributed by atoms with Crippen molar-refractivity contribution in [2.24, 2.45) is 0 Å². The molecule has 2 aromatic heterocycles. The Bertz CT molecular complexity index is 1150. The van der Waals surface area contributed by atoms with Gasteiger partial charge in [0.1, 0.15) is 17.5 Å². The minimum Gasteiger partial charge on any atom is -0.399 e. The molecule has 4 rings (SSSR count). The van der Waals surface area contributed by atoms with E-state index in [1.54, 1.807) is 13.1 Å². The number of halogens is 3. The SMILES string of the molecule is C[C@H](c1cc(N)cc(C(F)(F)F)c1)c1nc(N)c2cc(N3CCN(C)C[C@@H]3C)ncc2n1. The van der Waals surface area contributed by atoms with Crippen LogP contribution in [0.3, 0.4) is 0 Å². The van der Waals surface area contributed by atoms with Crippen LogP contribution in [0.1, 0.15) is 36.7 Å². The molecule has 1 fully saturated rings. The quantitative estimate of drug-likeness (QED) is 0.596. The van der Waals surface area contributed by atoms with Crippen molar-refractivity contribution in [3.63, 3.8) is 0 Å². The van der Waals surface area contributed by atoms with Gasteiger partial charge in [0.15, 0.2) is 0 Å². The van der Waals surface area contributed by atoms with Crippen molar-refractivity contribution >= 4 is 28.2 Å². The van der Waals surface area contributed by atoms with Gasteiger partial charge in [-0.3, -0.25) is 0 Å². The van der Waals surface area contributed by atoms with Gasteiger partial charge in [-0.1, -0.05) is 6.92 Å². The van der Waals surface area contributed by atoms with Crippen molar-refractivity contribution in [2.75, 3.05) is 43.0 Å². The molecule has 0 saturated carbocycles. The minimum absolute atomic E-state index is 0.0306. The van der Waals surface area contributed by atoms with E-state index in [2.05, 4.69) is 38.7 Å². The van der Waals surface area contributed by atoms with Gasteiger partial charge in [-0.25, -0.2) is 15.0 Å². The van der Waals surface area contributed by atoms with Gasteiger partial charge in [0.2, 0.25) is 0 Å². The van der Waals surface area contributed by atoms with E-state index in [1.165, 1.54) is 6.07 Å². The zero-order valence-electron chi connectivity index (χ0n) is 18.2. The van der Waals surface area contributed by atoms with E-state index in [9.17, 15) is 13.2 Å². The van der Waals surface area contributed by atoms with Gasteiger partial charge in [0.25, 0.3) is 0 Å². The summed E-state index contributed by atoms with van der Waals surface area (Å²) in [5.74, 6) is 0.849. The van der Waals surface area contributed by atoms with E-state index in [4.69, 9.17) is 11.5 Å². The number of nitrogens with zero attached hydrogens (tertiary/aromatic N) is 5. The molecule has 1 saturated heterocycles. The third kappa shape index (κ3) is 4.27. The zero-order valence-corrected chi connectivity index (χ0v) is 18.2. The van der Waals surface area contributed by atoms with Crippen molar-refractivity contribution in [3.8, 4) is 0 Å². The molecule has 4 N–H and O–H groups in total. The van der Waals surface area contributed by atoms with Crippen LogP contribution in [0, 0.1) is 0 Å². The third-order valence-corrected chi connectivity index (χ3v) is 5.93. The summed E-state index contributed by atoms with van der Waals surface area (Å²) in [4.78, 5) is 18.0. The number of fused-ring (bicyclic) bond motifs is 1. The highest BCUT2D eigenvalue weighted by molar-refractivity contribution is 5.89. The molecule has 0 radical (unpaired) electrons. The fourth-order valence-electron chi connectivity index (χ4n) is 4.13. The molecule has 3 aromatic rings. The molecule has 170 valence electrons. The summed E-state index contributed by atoms with van der Waals surface area (Å²) in [7, 11) is 2.09. The van der Waals surface area contributed by atoms with Crippen LogP contribution in [0.2, 0.25) is 0 Å². The van der Waals surface area contributed by atoms with Crippen LogP contribution in [0.5, 0.6) is 0 Å². The maximum absolute atomic E-state index is 13.2. The first kappa shape index (κ1) is 22.1. The average Bonchev–Trinajstić information content (AvgIpc) is 2.72. The Hall–Kier alpha value is -3.14. The molecule has 0 spiro atoms. The summed E-state index contributed by atoms with van der Waals surface area (Å²) in [6.45, 7) is 6.59.